The number of pyridine rings is 1. The maximum atomic E-state index is 13.4. The van der Waals surface area contributed by atoms with Crippen LogP contribution >= 0.6 is 23.2 Å². The van der Waals surface area contributed by atoms with Crippen LogP contribution < -0.4 is 15.6 Å². The number of amides is 1. The Labute approximate surface area is 223 Å². The van der Waals surface area contributed by atoms with Crippen LogP contribution in [0.25, 0.3) is 11.7 Å². The second-order valence-corrected chi connectivity index (χ2v) is 9.95. The standard InChI is InChI=1S/C28H22Cl2N4O3/c1-28(2,3)18-10-12-19(13-11-18)37-26-20(27(36)34-14-5-4-9-23(34)33-26)15-17(16-31)25(35)32-22-8-6-7-21(29)24(22)30/h4-15H,1-3H3,(H,32,35)/b17-15-. The van der Waals surface area contributed by atoms with Crippen molar-refractivity contribution in [2.45, 2.75) is 26.2 Å². The first kappa shape index (κ1) is 26.0. The first-order valence-electron chi connectivity index (χ1n) is 11.3. The maximum absolute atomic E-state index is 13.4. The lowest BCUT2D eigenvalue weighted by molar-refractivity contribution is -0.112. The zero-order valence-corrected chi connectivity index (χ0v) is 21.8. The lowest BCUT2D eigenvalue weighted by atomic mass is 9.87. The monoisotopic (exact) mass is 532 g/mol. The number of anilines is 1. The Morgan fingerprint density at radius 1 is 1.08 bits per heavy atom. The highest BCUT2D eigenvalue weighted by atomic mass is 35.5. The van der Waals surface area contributed by atoms with Gasteiger partial charge in [-0.25, -0.2) is 0 Å². The minimum absolute atomic E-state index is 0.0407. The number of hydrogen-bond donors (Lipinski definition) is 1. The fourth-order valence-electron chi connectivity index (χ4n) is 3.50. The second kappa shape index (κ2) is 10.5. The molecule has 0 bridgehead atoms. The lowest BCUT2D eigenvalue weighted by Crippen LogP contribution is -2.20. The van der Waals surface area contributed by atoms with Gasteiger partial charge in [-0.05, 0) is 53.5 Å². The van der Waals surface area contributed by atoms with Gasteiger partial charge in [0.15, 0.2) is 0 Å². The lowest BCUT2D eigenvalue weighted by Gasteiger charge is -2.19. The Balaban J connectivity index is 1.78. The third kappa shape index (κ3) is 5.67. The van der Waals surface area contributed by atoms with E-state index in [0.29, 0.717) is 11.4 Å². The molecule has 0 radical (unpaired) electrons. The molecule has 7 nitrogen and oxygen atoms in total. The topological polar surface area (TPSA) is 96.5 Å². The first-order chi connectivity index (χ1) is 17.6. The number of nitrogens with zero attached hydrogens (tertiary/aromatic N) is 3. The zero-order valence-electron chi connectivity index (χ0n) is 20.3. The molecular weight excluding hydrogens is 511 g/mol. The fourth-order valence-corrected chi connectivity index (χ4v) is 3.85. The van der Waals surface area contributed by atoms with Crippen LogP contribution in [-0.4, -0.2) is 15.3 Å². The third-order valence-electron chi connectivity index (χ3n) is 5.52. The van der Waals surface area contributed by atoms with Crippen LogP contribution in [0.5, 0.6) is 11.6 Å². The number of ether oxygens (including phenoxy) is 1. The zero-order chi connectivity index (χ0) is 26.7. The average Bonchev–Trinajstić information content (AvgIpc) is 2.86. The van der Waals surface area contributed by atoms with Gasteiger partial charge in [-0.1, -0.05) is 68.2 Å². The molecule has 0 saturated carbocycles. The van der Waals surface area contributed by atoms with E-state index in [2.05, 4.69) is 31.1 Å². The van der Waals surface area contributed by atoms with E-state index < -0.39 is 11.5 Å². The van der Waals surface area contributed by atoms with Crippen LogP contribution in [-0.2, 0) is 10.2 Å². The molecule has 0 atom stereocenters. The Morgan fingerprint density at radius 2 is 1.81 bits per heavy atom. The van der Waals surface area contributed by atoms with Crippen molar-refractivity contribution in [1.82, 2.24) is 9.38 Å². The highest BCUT2D eigenvalue weighted by Crippen LogP contribution is 2.31. The van der Waals surface area contributed by atoms with Gasteiger partial charge in [-0.15, -0.1) is 0 Å². The van der Waals surface area contributed by atoms with Crippen molar-refractivity contribution in [1.29, 1.82) is 5.26 Å². The van der Waals surface area contributed by atoms with E-state index in [1.165, 1.54) is 4.40 Å². The number of nitriles is 1. The van der Waals surface area contributed by atoms with Crippen molar-refractivity contribution < 1.29 is 9.53 Å². The summed E-state index contributed by atoms with van der Waals surface area (Å²) in [5.41, 5.74) is 0.714. The molecule has 0 fully saturated rings. The number of fused-ring (bicyclic) bond motifs is 1. The van der Waals surface area contributed by atoms with Crippen LogP contribution in [0.4, 0.5) is 5.69 Å². The molecule has 0 spiro atoms. The summed E-state index contributed by atoms with van der Waals surface area (Å²) < 4.78 is 7.30. The molecule has 9 heteroatoms. The normalized spacial score (nSPS) is 11.7. The van der Waals surface area contributed by atoms with E-state index >= 15 is 0 Å². The molecule has 0 aliphatic heterocycles. The molecule has 186 valence electrons. The number of carbonyl (C=O) groups is 1. The molecule has 4 rings (SSSR count). The van der Waals surface area contributed by atoms with Crippen LogP contribution in [0.2, 0.25) is 10.0 Å². The number of rotatable bonds is 5. The minimum Gasteiger partial charge on any atom is -0.438 e. The molecule has 0 aliphatic carbocycles. The summed E-state index contributed by atoms with van der Waals surface area (Å²) in [7, 11) is 0. The first-order valence-corrected chi connectivity index (χ1v) is 12.0. The predicted molar refractivity (Wildman–Crippen MR) is 145 cm³/mol. The molecule has 0 unspecified atom stereocenters. The third-order valence-corrected chi connectivity index (χ3v) is 6.34. The number of carbonyl (C=O) groups excluding carboxylic acids is 1. The van der Waals surface area contributed by atoms with Gasteiger partial charge in [0.2, 0.25) is 5.88 Å². The van der Waals surface area contributed by atoms with Gasteiger partial charge in [-0.3, -0.25) is 14.0 Å². The number of benzene rings is 2. The van der Waals surface area contributed by atoms with Crippen LogP contribution in [0.3, 0.4) is 0 Å². The van der Waals surface area contributed by atoms with E-state index in [0.717, 1.165) is 11.6 Å². The van der Waals surface area contributed by atoms with Gasteiger partial charge < -0.3 is 10.1 Å². The van der Waals surface area contributed by atoms with Gasteiger partial charge in [0.05, 0.1) is 15.7 Å². The van der Waals surface area contributed by atoms with Crippen molar-refractivity contribution in [3.63, 3.8) is 0 Å². The molecule has 0 saturated heterocycles. The quantitative estimate of drug-likeness (QED) is 0.229. The highest BCUT2D eigenvalue weighted by Gasteiger charge is 2.19. The molecular formula is C28H22Cl2N4O3. The van der Waals surface area contributed by atoms with Gasteiger partial charge in [0.1, 0.15) is 28.6 Å². The molecule has 1 N–H and O–H groups in total. The number of aromatic nitrogens is 2. The molecule has 2 aromatic heterocycles. The molecule has 37 heavy (non-hydrogen) atoms. The predicted octanol–water partition coefficient (Wildman–Crippen LogP) is 6.64. The number of nitrogens with one attached hydrogen (secondary N) is 1. The summed E-state index contributed by atoms with van der Waals surface area (Å²) in [5, 5.41) is 12.7. The highest BCUT2D eigenvalue weighted by molar-refractivity contribution is 6.44. The summed E-state index contributed by atoms with van der Waals surface area (Å²) in [6.45, 7) is 6.30. The van der Waals surface area contributed by atoms with Crippen LogP contribution in [0.1, 0.15) is 31.9 Å². The van der Waals surface area contributed by atoms with Crippen molar-refractivity contribution in [2.75, 3.05) is 5.32 Å². The van der Waals surface area contributed by atoms with Crippen LogP contribution in [0.15, 0.2) is 77.2 Å². The van der Waals surface area contributed by atoms with Crippen LogP contribution in [0, 0.1) is 11.3 Å². The average molecular weight is 533 g/mol. The largest absolute Gasteiger partial charge is 0.438 e. The van der Waals surface area contributed by atoms with Crippen molar-refractivity contribution in [3.05, 3.63) is 104 Å². The van der Waals surface area contributed by atoms with E-state index in [1.54, 1.807) is 54.7 Å². The van der Waals surface area contributed by atoms with Gasteiger partial charge in [0.25, 0.3) is 11.5 Å². The van der Waals surface area contributed by atoms with Crippen molar-refractivity contribution in [2.24, 2.45) is 0 Å². The number of hydrogen-bond acceptors (Lipinski definition) is 5. The fraction of sp³-hybridized carbons (Fsp3) is 0.143. The second-order valence-electron chi connectivity index (χ2n) is 9.17. The summed E-state index contributed by atoms with van der Waals surface area (Å²) in [4.78, 5) is 30.8. The molecule has 4 aromatic rings. The Kier molecular flexibility index (Phi) is 7.35. The molecule has 1 amide bonds. The van der Waals surface area contributed by atoms with Gasteiger partial charge >= 0.3 is 0 Å². The summed E-state index contributed by atoms with van der Waals surface area (Å²) in [6, 6.07) is 19.1. The maximum Gasteiger partial charge on any atom is 0.269 e. The summed E-state index contributed by atoms with van der Waals surface area (Å²) in [6.07, 6.45) is 2.70. The van der Waals surface area contributed by atoms with E-state index in [9.17, 15) is 14.9 Å². The van der Waals surface area contributed by atoms with Crippen molar-refractivity contribution >= 4 is 46.5 Å². The van der Waals surface area contributed by atoms with E-state index in [1.807, 2.05) is 18.2 Å². The van der Waals surface area contributed by atoms with E-state index in [4.69, 9.17) is 27.9 Å². The van der Waals surface area contributed by atoms with Gasteiger partial charge in [-0.2, -0.15) is 10.2 Å². The minimum atomic E-state index is -0.773. The SMILES string of the molecule is CC(C)(C)c1ccc(Oc2nc3ccccn3c(=O)c2/C=C(/C#N)C(=O)Nc2cccc(Cl)c2Cl)cc1. The Morgan fingerprint density at radius 3 is 2.49 bits per heavy atom. The molecule has 2 aromatic carbocycles. The molecule has 2 heterocycles. The Hall–Kier alpha value is -4.12. The van der Waals surface area contributed by atoms with Gasteiger partial charge in [0, 0.05) is 6.20 Å². The van der Waals surface area contributed by atoms with E-state index in [-0.39, 0.29) is 38.2 Å². The summed E-state index contributed by atoms with van der Waals surface area (Å²) in [5.74, 6) is -0.366. The smallest absolute Gasteiger partial charge is 0.269 e. The number of halogens is 2. The molecule has 0 aliphatic rings. The summed E-state index contributed by atoms with van der Waals surface area (Å²) >= 11 is 12.2. The van der Waals surface area contributed by atoms with Crippen molar-refractivity contribution in [3.8, 4) is 17.7 Å². The Bertz CT molecular complexity index is 1630.